The number of aliphatic hydroxyl groups is 1. The minimum atomic E-state index is -0.573. The van der Waals surface area contributed by atoms with E-state index in [2.05, 4.69) is 39.9 Å². The number of rotatable bonds is 3. The molecule has 0 amide bonds. The molecule has 0 spiro atoms. The van der Waals surface area contributed by atoms with E-state index in [0.717, 1.165) is 11.8 Å². The van der Waals surface area contributed by atoms with Crippen molar-refractivity contribution in [3.63, 3.8) is 0 Å². The second kappa shape index (κ2) is 5.27. The van der Waals surface area contributed by atoms with Crippen LogP contribution in [0.3, 0.4) is 0 Å². The van der Waals surface area contributed by atoms with Crippen LogP contribution >= 0.6 is 0 Å². The van der Waals surface area contributed by atoms with Crippen LogP contribution in [-0.2, 0) is 0 Å². The Labute approximate surface area is 107 Å². The fourth-order valence-electron chi connectivity index (χ4n) is 3.04. The fourth-order valence-corrected chi connectivity index (χ4v) is 3.04. The maximum atomic E-state index is 10.7. The summed E-state index contributed by atoms with van der Waals surface area (Å²) in [5.41, 5.74) is -0.494. The smallest absolute Gasteiger partial charge is 0.0771 e. The van der Waals surface area contributed by atoms with E-state index in [9.17, 15) is 5.11 Å². The van der Waals surface area contributed by atoms with Crippen molar-refractivity contribution in [3.8, 4) is 0 Å². The van der Waals surface area contributed by atoms with E-state index in [1.54, 1.807) is 0 Å². The van der Waals surface area contributed by atoms with Crippen molar-refractivity contribution in [2.24, 2.45) is 17.8 Å². The molecular weight excluding hydrogens is 210 g/mol. The minimum absolute atomic E-state index is 0.0793. The highest BCUT2D eigenvalue weighted by molar-refractivity contribution is 4.90. The predicted octanol–water partition coefficient (Wildman–Crippen LogP) is 3.20. The number of hydrogen-bond donors (Lipinski definition) is 2. The molecule has 0 bridgehead atoms. The summed E-state index contributed by atoms with van der Waals surface area (Å²) in [5.74, 6) is 1.95. The molecule has 0 saturated heterocycles. The predicted molar refractivity (Wildman–Crippen MR) is 74.0 cm³/mol. The quantitative estimate of drug-likeness (QED) is 0.795. The third-order valence-corrected chi connectivity index (χ3v) is 4.03. The summed E-state index contributed by atoms with van der Waals surface area (Å²) in [4.78, 5) is 0. The highest BCUT2D eigenvalue weighted by atomic mass is 16.3. The molecule has 2 N–H and O–H groups in total. The molecule has 0 heterocycles. The lowest BCUT2D eigenvalue weighted by molar-refractivity contribution is -0.0357. The number of hydrogen-bond acceptors (Lipinski definition) is 2. The average Bonchev–Trinajstić information content (AvgIpc) is 2.12. The van der Waals surface area contributed by atoms with Gasteiger partial charge in [-0.3, -0.25) is 0 Å². The normalized spacial score (nSPS) is 34.4. The summed E-state index contributed by atoms with van der Waals surface area (Å²) >= 11 is 0. The first-order valence-electron chi connectivity index (χ1n) is 7.07. The van der Waals surface area contributed by atoms with Gasteiger partial charge in [-0.15, -0.1) is 0 Å². The zero-order valence-electron chi connectivity index (χ0n) is 12.5. The van der Waals surface area contributed by atoms with E-state index >= 15 is 0 Å². The second-order valence-electron chi connectivity index (χ2n) is 7.58. The highest BCUT2D eigenvalue weighted by Crippen LogP contribution is 2.38. The average molecular weight is 241 g/mol. The van der Waals surface area contributed by atoms with Crippen molar-refractivity contribution in [2.75, 3.05) is 6.54 Å². The molecule has 2 nitrogen and oxygen atoms in total. The van der Waals surface area contributed by atoms with Crippen LogP contribution in [0, 0.1) is 17.8 Å². The molecule has 0 aromatic carbocycles. The molecule has 0 aromatic heterocycles. The maximum absolute atomic E-state index is 10.7. The molecule has 1 saturated carbocycles. The number of nitrogens with one attached hydrogen (secondary N) is 1. The van der Waals surface area contributed by atoms with Gasteiger partial charge in [-0.2, -0.15) is 0 Å². The zero-order chi connectivity index (χ0) is 13.3. The zero-order valence-corrected chi connectivity index (χ0v) is 12.5. The summed E-state index contributed by atoms with van der Waals surface area (Å²) in [6, 6.07) is 0. The molecule has 1 aliphatic carbocycles. The standard InChI is InChI=1S/C15H31NO/c1-11-7-12(2)9-13(8-11)15(6,17)10-16-14(3,4)5/h11-13,16-17H,7-10H2,1-6H3. The Balaban J connectivity index is 2.56. The lowest BCUT2D eigenvalue weighted by atomic mass is 9.70. The van der Waals surface area contributed by atoms with Crippen LogP contribution in [0.5, 0.6) is 0 Å². The van der Waals surface area contributed by atoms with Crippen molar-refractivity contribution in [2.45, 2.75) is 71.9 Å². The SMILES string of the molecule is CC1CC(C)CC(C(C)(O)CNC(C)(C)C)C1. The van der Waals surface area contributed by atoms with Crippen molar-refractivity contribution >= 4 is 0 Å². The van der Waals surface area contributed by atoms with Crippen LogP contribution in [0.4, 0.5) is 0 Å². The molecule has 1 fully saturated rings. The third kappa shape index (κ3) is 4.97. The van der Waals surface area contributed by atoms with Gasteiger partial charge in [0.05, 0.1) is 5.60 Å². The van der Waals surface area contributed by atoms with Crippen molar-refractivity contribution in [1.29, 1.82) is 0 Å². The molecule has 1 rings (SSSR count). The molecule has 3 atom stereocenters. The highest BCUT2D eigenvalue weighted by Gasteiger charge is 2.37. The molecular formula is C15H31NO. The Morgan fingerprint density at radius 3 is 1.88 bits per heavy atom. The molecule has 2 heteroatoms. The van der Waals surface area contributed by atoms with Gasteiger partial charge in [0.15, 0.2) is 0 Å². The topological polar surface area (TPSA) is 32.3 Å². The molecule has 0 aromatic rings. The van der Waals surface area contributed by atoms with Crippen molar-refractivity contribution < 1.29 is 5.11 Å². The summed E-state index contributed by atoms with van der Waals surface area (Å²) < 4.78 is 0. The first-order valence-corrected chi connectivity index (χ1v) is 7.07. The van der Waals surface area contributed by atoms with Gasteiger partial charge < -0.3 is 10.4 Å². The Bertz CT molecular complexity index is 232. The largest absolute Gasteiger partial charge is 0.389 e. The Hall–Kier alpha value is -0.0800. The van der Waals surface area contributed by atoms with E-state index in [0.29, 0.717) is 12.5 Å². The van der Waals surface area contributed by atoms with Crippen LogP contribution in [0.25, 0.3) is 0 Å². The number of β-amino-alcohol motifs (C(OH)–C–C–N with tert-alkyl or cyclic N) is 1. The van der Waals surface area contributed by atoms with Gasteiger partial charge in [0, 0.05) is 12.1 Å². The Kier molecular flexibility index (Phi) is 4.65. The molecule has 1 aliphatic rings. The first kappa shape index (κ1) is 15.0. The molecule has 0 radical (unpaired) electrons. The van der Waals surface area contributed by atoms with E-state index in [1.165, 1.54) is 19.3 Å². The van der Waals surface area contributed by atoms with Gasteiger partial charge >= 0.3 is 0 Å². The van der Waals surface area contributed by atoms with Crippen LogP contribution in [0.1, 0.15) is 60.8 Å². The minimum Gasteiger partial charge on any atom is -0.389 e. The molecule has 102 valence electrons. The van der Waals surface area contributed by atoms with Crippen LogP contribution < -0.4 is 5.32 Å². The summed E-state index contributed by atoms with van der Waals surface area (Å²) in [6.45, 7) is 13.8. The maximum Gasteiger partial charge on any atom is 0.0771 e. The van der Waals surface area contributed by atoms with Crippen molar-refractivity contribution in [1.82, 2.24) is 5.32 Å². The van der Waals surface area contributed by atoms with Crippen molar-refractivity contribution in [3.05, 3.63) is 0 Å². The van der Waals surface area contributed by atoms with Gasteiger partial charge in [0.2, 0.25) is 0 Å². The molecule has 3 unspecified atom stereocenters. The van der Waals surface area contributed by atoms with Crippen LogP contribution in [0.2, 0.25) is 0 Å². The lowest BCUT2D eigenvalue weighted by Gasteiger charge is -2.41. The summed E-state index contributed by atoms with van der Waals surface area (Å²) in [6.07, 6.45) is 3.66. The monoisotopic (exact) mass is 241 g/mol. The van der Waals surface area contributed by atoms with E-state index in [4.69, 9.17) is 0 Å². The second-order valence-corrected chi connectivity index (χ2v) is 7.58. The third-order valence-electron chi connectivity index (χ3n) is 4.03. The van der Waals surface area contributed by atoms with E-state index in [1.807, 2.05) is 6.92 Å². The molecule has 17 heavy (non-hydrogen) atoms. The van der Waals surface area contributed by atoms with Crippen LogP contribution in [0.15, 0.2) is 0 Å². The van der Waals surface area contributed by atoms with Gasteiger partial charge in [0.1, 0.15) is 0 Å². The van der Waals surface area contributed by atoms with Gasteiger partial charge in [-0.1, -0.05) is 13.8 Å². The lowest BCUT2D eigenvalue weighted by Crippen LogP contribution is -2.51. The van der Waals surface area contributed by atoms with Gasteiger partial charge in [-0.05, 0) is 64.7 Å². The van der Waals surface area contributed by atoms with E-state index < -0.39 is 5.60 Å². The Morgan fingerprint density at radius 1 is 1.00 bits per heavy atom. The van der Waals surface area contributed by atoms with Gasteiger partial charge in [0.25, 0.3) is 0 Å². The summed E-state index contributed by atoms with van der Waals surface area (Å²) in [5, 5.41) is 14.1. The summed E-state index contributed by atoms with van der Waals surface area (Å²) in [7, 11) is 0. The Morgan fingerprint density at radius 2 is 1.47 bits per heavy atom. The van der Waals surface area contributed by atoms with Gasteiger partial charge in [-0.25, -0.2) is 0 Å². The fraction of sp³-hybridized carbons (Fsp3) is 1.00. The first-order chi connectivity index (χ1) is 7.60. The van der Waals surface area contributed by atoms with Crippen LogP contribution in [-0.4, -0.2) is 22.8 Å². The van der Waals surface area contributed by atoms with E-state index in [-0.39, 0.29) is 5.54 Å². The molecule has 0 aliphatic heterocycles.